The Morgan fingerprint density at radius 3 is 2.60 bits per heavy atom. The van der Waals surface area contributed by atoms with Gasteiger partial charge in [-0.05, 0) is 98.9 Å². The maximum absolute atomic E-state index is 13.9. The molecule has 9 rings (SSSR count). The highest BCUT2D eigenvalue weighted by atomic mass is 16.8. The van der Waals surface area contributed by atoms with Crippen molar-refractivity contribution in [1.29, 1.82) is 0 Å². The highest BCUT2D eigenvalue weighted by molar-refractivity contribution is 6.48. The van der Waals surface area contributed by atoms with Gasteiger partial charge in [-0.1, -0.05) is 58.0 Å². The molecule has 0 radical (unpaired) electrons. The van der Waals surface area contributed by atoms with E-state index in [2.05, 4.69) is 71.1 Å². The molecule has 4 saturated heterocycles. The molecule has 1 spiro atoms. The molecule has 8 aliphatic rings. The molecule has 4 aliphatic heterocycles. The number of carbonyl (C=O) groups is 1. The van der Waals surface area contributed by atoms with Crippen LogP contribution in [0.1, 0.15) is 92.1 Å². The van der Waals surface area contributed by atoms with Crippen molar-refractivity contribution in [1.82, 2.24) is 5.32 Å². The Balaban J connectivity index is 1.01. The molecule has 1 unspecified atom stereocenters. The number of rotatable bonds is 6. The molecule has 4 bridgehead atoms. The van der Waals surface area contributed by atoms with Gasteiger partial charge in [0.1, 0.15) is 5.60 Å². The second kappa shape index (κ2) is 9.78. The summed E-state index contributed by atoms with van der Waals surface area (Å²) in [6.07, 6.45) is 6.93. The van der Waals surface area contributed by atoms with Gasteiger partial charge in [0.25, 0.3) is 0 Å². The summed E-state index contributed by atoms with van der Waals surface area (Å²) in [4.78, 5) is 13.9. The second-order valence-corrected chi connectivity index (χ2v) is 16.3. The molecular formula is C35H50BNO6. The predicted molar refractivity (Wildman–Crippen MR) is 163 cm³/mol. The van der Waals surface area contributed by atoms with Crippen molar-refractivity contribution in [3.8, 4) is 0 Å². The standard InChI is InChI=1S/C35H50BNO6/c1-20-12-13-25-21(2)26(39-31-35(25)24(20)14-15-33(5,40-31)42-35)19-30(38)37-29(16-22-10-8-7-9-11-22)36-41-28-18-23-17-27(32(23,3)4)34(28,6)43-36/h7-11,20-21,23-29,31H,12-19H2,1-6H3,(H,37,38)/t20-,21-,23+,24+,25+,26-,27+,28?,29+,31-,33-,34+,35-/m1/s1. The van der Waals surface area contributed by atoms with Gasteiger partial charge < -0.3 is 28.8 Å². The molecule has 1 amide bonds. The first kappa shape index (κ1) is 29.0. The molecular weight excluding hydrogens is 541 g/mol. The smallest absolute Gasteiger partial charge is 0.404 e. The molecule has 4 saturated carbocycles. The lowest BCUT2D eigenvalue weighted by Crippen LogP contribution is -2.66. The van der Waals surface area contributed by atoms with Crippen LogP contribution in [0, 0.1) is 40.9 Å². The number of hydrogen-bond acceptors (Lipinski definition) is 6. The number of fused-ring (bicyclic) bond motifs is 1. The molecule has 4 heterocycles. The van der Waals surface area contributed by atoms with E-state index < -0.39 is 24.8 Å². The van der Waals surface area contributed by atoms with Crippen molar-refractivity contribution in [3.63, 3.8) is 0 Å². The van der Waals surface area contributed by atoms with Crippen LogP contribution < -0.4 is 5.32 Å². The van der Waals surface area contributed by atoms with Crippen molar-refractivity contribution >= 4 is 13.0 Å². The molecule has 1 aromatic carbocycles. The number of benzene rings is 1. The van der Waals surface area contributed by atoms with Crippen LogP contribution in [0.25, 0.3) is 0 Å². The Morgan fingerprint density at radius 1 is 1.05 bits per heavy atom. The number of ether oxygens (including phenoxy) is 3. The molecule has 7 nitrogen and oxygen atoms in total. The highest BCUT2D eigenvalue weighted by Gasteiger charge is 2.72. The summed E-state index contributed by atoms with van der Waals surface area (Å²) in [7, 11) is -0.478. The monoisotopic (exact) mass is 591 g/mol. The Kier molecular flexibility index (Phi) is 6.59. The Hall–Kier alpha value is -1.45. The van der Waals surface area contributed by atoms with Gasteiger partial charge in [0, 0.05) is 6.42 Å². The zero-order valence-corrected chi connectivity index (χ0v) is 26.8. The van der Waals surface area contributed by atoms with Crippen molar-refractivity contribution in [2.24, 2.45) is 40.9 Å². The summed E-state index contributed by atoms with van der Waals surface area (Å²) < 4.78 is 33.7. The summed E-state index contributed by atoms with van der Waals surface area (Å²) in [6.45, 7) is 13.7. The fraction of sp³-hybridized carbons (Fsp3) is 0.800. The number of amides is 1. The molecule has 8 fully saturated rings. The predicted octanol–water partition coefficient (Wildman–Crippen LogP) is 5.69. The minimum atomic E-state index is -0.590. The van der Waals surface area contributed by atoms with E-state index in [-0.39, 0.29) is 41.0 Å². The average molecular weight is 592 g/mol. The van der Waals surface area contributed by atoms with Crippen molar-refractivity contribution < 1.29 is 28.3 Å². The molecule has 234 valence electrons. The van der Waals surface area contributed by atoms with Gasteiger partial charge >= 0.3 is 7.12 Å². The molecule has 4 aliphatic carbocycles. The summed E-state index contributed by atoms with van der Waals surface area (Å²) in [5.74, 6) is 1.82. The third-order valence-electron chi connectivity index (χ3n) is 13.7. The topological polar surface area (TPSA) is 75.3 Å². The van der Waals surface area contributed by atoms with E-state index in [0.29, 0.717) is 42.4 Å². The van der Waals surface area contributed by atoms with Crippen LogP contribution in [0.2, 0.25) is 0 Å². The highest BCUT2D eigenvalue weighted by Crippen LogP contribution is 2.66. The molecule has 43 heavy (non-hydrogen) atoms. The van der Waals surface area contributed by atoms with Crippen LogP contribution in [0.15, 0.2) is 30.3 Å². The van der Waals surface area contributed by atoms with E-state index >= 15 is 0 Å². The van der Waals surface area contributed by atoms with Crippen LogP contribution in [-0.4, -0.2) is 54.5 Å². The first-order valence-electron chi connectivity index (χ1n) is 17.1. The van der Waals surface area contributed by atoms with Crippen LogP contribution >= 0.6 is 0 Å². The summed E-state index contributed by atoms with van der Waals surface area (Å²) >= 11 is 0. The van der Waals surface area contributed by atoms with E-state index in [1.165, 1.54) is 12.8 Å². The van der Waals surface area contributed by atoms with E-state index in [1.54, 1.807) is 0 Å². The first-order chi connectivity index (χ1) is 20.4. The van der Waals surface area contributed by atoms with Gasteiger partial charge in [0.15, 0.2) is 12.1 Å². The van der Waals surface area contributed by atoms with E-state index in [9.17, 15) is 4.79 Å². The van der Waals surface area contributed by atoms with Gasteiger partial charge in [0.05, 0.1) is 30.2 Å². The van der Waals surface area contributed by atoms with Crippen LogP contribution in [0.3, 0.4) is 0 Å². The number of hydrogen-bond donors (Lipinski definition) is 1. The van der Waals surface area contributed by atoms with Crippen LogP contribution in [-0.2, 0) is 34.7 Å². The third kappa shape index (κ3) is 4.22. The largest absolute Gasteiger partial charge is 0.482 e. The van der Waals surface area contributed by atoms with Crippen molar-refractivity contribution in [2.75, 3.05) is 0 Å². The van der Waals surface area contributed by atoms with Gasteiger partial charge in [-0.25, -0.2) is 0 Å². The van der Waals surface area contributed by atoms with E-state index in [1.807, 2.05) is 6.07 Å². The molecule has 1 aromatic rings. The first-order valence-corrected chi connectivity index (χ1v) is 17.1. The van der Waals surface area contributed by atoms with Gasteiger partial charge in [-0.15, -0.1) is 0 Å². The maximum Gasteiger partial charge on any atom is 0.482 e. The lowest BCUT2D eigenvalue weighted by Gasteiger charge is -2.64. The van der Waals surface area contributed by atoms with E-state index in [0.717, 1.165) is 31.2 Å². The van der Waals surface area contributed by atoms with Crippen LogP contribution in [0.5, 0.6) is 0 Å². The lowest BCUT2D eigenvalue weighted by atomic mass is 9.43. The van der Waals surface area contributed by atoms with Crippen LogP contribution in [0.4, 0.5) is 0 Å². The summed E-state index contributed by atoms with van der Waals surface area (Å²) in [5, 5.41) is 3.38. The average Bonchev–Trinajstić information content (AvgIpc) is 3.43. The Morgan fingerprint density at radius 2 is 1.84 bits per heavy atom. The van der Waals surface area contributed by atoms with Crippen molar-refractivity contribution in [2.45, 2.75) is 134 Å². The molecule has 1 N–H and O–H groups in total. The zero-order chi connectivity index (χ0) is 29.9. The summed E-state index contributed by atoms with van der Waals surface area (Å²) in [5.41, 5.74) is 0.720. The number of nitrogens with one attached hydrogen (secondary N) is 1. The van der Waals surface area contributed by atoms with Crippen molar-refractivity contribution in [3.05, 3.63) is 35.9 Å². The Labute approximate surface area is 257 Å². The van der Waals surface area contributed by atoms with Gasteiger partial charge in [0.2, 0.25) is 5.91 Å². The zero-order valence-electron chi connectivity index (χ0n) is 26.8. The minimum absolute atomic E-state index is 0.0144. The minimum Gasteiger partial charge on any atom is -0.404 e. The quantitative estimate of drug-likeness (QED) is 0.429. The normalized spacial score (nSPS) is 49.4. The fourth-order valence-corrected chi connectivity index (χ4v) is 11.1. The Bertz CT molecular complexity index is 1260. The second-order valence-electron chi connectivity index (χ2n) is 16.3. The number of carbonyl (C=O) groups excluding carboxylic acids is 1. The third-order valence-corrected chi connectivity index (χ3v) is 13.7. The van der Waals surface area contributed by atoms with E-state index in [4.69, 9.17) is 23.5 Å². The fourth-order valence-electron chi connectivity index (χ4n) is 11.1. The summed E-state index contributed by atoms with van der Waals surface area (Å²) in [6, 6.07) is 10.4. The molecule has 0 aromatic heterocycles. The van der Waals surface area contributed by atoms with Gasteiger partial charge in [-0.2, -0.15) is 0 Å². The lowest BCUT2D eigenvalue weighted by molar-refractivity contribution is -0.288. The van der Waals surface area contributed by atoms with Gasteiger partial charge in [-0.3, -0.25) is 4.79 Å². The SMILES string of the molecule is C[C@H]1[C@@H](CC(=O)N[C@@H](Cc2ccccc2)B2OC3C[C@@H]4C[C@@H](C4(C)C)[C@]3(C)O2)O[C@@H]2O[C@@]3(C)CC[C@H]4[C@H](C)CC[C@@H]1[C@@]24O3. The molecule has 8 heteroatoms. The molecule has 13 atom stereocenters. The maximum atomic E-state index is 13.9.